The fourth-order valence-electron chi connectivity index (χ4n) is 4.21. The van der Waals surface area contributed by atoms with Crippen molar-refractivity contribution in [3.8, 4) is 0 Å². The van der Waals surface area contributed by atoms with Crippen LogP contribution in [0.1, 0.15) is 32.6 Å². The summed E-state index contributed by atoms with van der Waals surface area (Å²) in [6.07, 6.45) is 2.03. The van der Waals surface area contributed by atoms with E-state index in [0.717, 1.165) is 33.2 Å². The monoisotopic (exact) mass is 338 g/mol. The highest BCUT2D eigenvalue weighted by molar-refractivity contribution is 6.03. The summed E-state index contributed by atoms with van der Waals surface area (Å²) in [6.45, 7) is 2.10. The number of fused-ring (bicyclic) bond motifs is 2. The molecular formula is C23H18N2O. The number of carbonyl (C=O) groups excluding carboxylic acids is 1. The second-order valence-electron chi connectivity index (χ2n) is 6.82. The van der Waals surface area contributed by atoms with Gasteiger partial charge in [0.2, 0.25) is 0 Å². The van der Waals surface area contributed by atoms with Gasteiger partial charge in [-0.25, -0.2) is 0 Å². The van der Waals surface area contributed by atoms with Crippen molar-refractivity contribution < 1.29 is 4.79 Å². The lowest BCUT2D eigenvalue weighted by atomic mass is 9.78. The zero-order chi connectivity index (χ0) is 17.7. The molecule has 26 heavy (non-hydrogen) atoms. The van der Waals surface area contributed by atoms with Crippen molar-refractivity contribution in [3.63, 3.8) is 0 Å². The molecule has 126 valence electrons. The summed E-state index contributed by atoms with van der Waals surface area (Å²) in [5.41, 5.74) is 5.46. The zero-order valence-electron chi connectivity index (χ0n) is 14.4. The van der Waals surface area contributed by atoms with E-state index in [-0.39, 0.29) is 5.91 Å². The van der Waals surface area contributed by atoms with Gasteiger partial charge in [0.25, 0.3) is 5.91 Å². The van der Waals surface area contributed by atoms with Crippen LogP contribution >= 0.6 is 0 Å². The third-order valence-corrected chi connectivity index (χ3v) is 5.41. The fourth-order valence-corrected chi connectivity index (χ4v) is 4.21. The van der Waals surface area contributed by atoms with E-state index >= 15 is 0 Å². The highest BCUT2D eigenvalue weighted by atomic mass is 16.2. The summed E-state index contributed by atoms with van der Waals surface area (Å²) < 4.78 is 0. The van der Waals surface area contributed by atoms with E-state index < -0.39 is 5.54 Å². The average Bonchev–Trinajstić information content (AvgIpc) is 3.24. The Labute approximate surface area is 151 Å². The van der Waals surface area contributed by atoms with Crippen molar-refractivity contribution in [3.05, 3.63) is 107 Å². The first-order valence-electron chi connectivity index (χ1n) is 8.76. The molecule has 1 atom stereocenters. The summed E-state index contributed by atoms with van der Waals surface area (Å²) in [5, 5.41) is 4.43. The van der Waals surface area contributed by atoms with Crippen LogP contribution in [0.3, 0.4) is 0 Å². The number of aromatic nitrogens is 1. The SMILES string of the molecule is Cc1cccc2c([C@]3(c4ccccc4)NC(=O)c4ccccc43)c[nH]c12. The quantitative estimate of drug-likeness (QED) is 0.555. The Morgan fingerprint density at radius 3 is 2.42 bits per heavy atom. The Morgan fingerprint density at radius 2 is 1.58 bits per heavy atom. The van der Waals surface area contributed by atoms with Crippen molar-refractivity contribution in [1.29, 1.82) is 0 Å². The third-order valence-electron chi connectivity index (χ3n) is 5.41. The highest BCUT2D eigenvalue weighted by Gasteiger charge is 2.46. The van der Waals surface area contributed by atoms with Gasteiger partial charge in [-0.2, -0.15) is 0 Å². The molecule has 0 saturated heterocycles. The van der Waals surface area contributed by atoms with Gasteiger partial charge >= 0.3 is 0 Å². The van der Waals surface area contributed by atoms with E-state index in [0.29, 0.717) is 0 Å². The minimum Gasteiger partial charge on any atom is -0.361 e. The third kappa shape index (κ3) is 1.85. The van der Waals surface area contributed by atoms with Crippen molar-refractivity contribution in [2.24, 2.45) is 0 Å². The van der Waals surface area contributed by atoms with Crippen molar-refractivity contribution >= 4 is 16.8 Å². The molecule has 3 aromatic carbocycles. The van der Waals surface area contributed by atoms with Gasteiger partial charge in [0.1, 0.15) is 5.54 Å². The number of amides is 1. The maximum absolute atomic E-state index is 12.8. The fraction of sp³-hybridized carbons (Fsp3) is 0.0870. The first-order chi connectivity index (χ1) is 12.7. The molecular weight excluding hydrogens is 320 g/mol. The normalized spacial score (nSPS) is 18.7. The number of benzene rings is 3. The Kier molecular flexibility index (Phi) is 3.07. The van der Waals surface area contributed by atoms with Crippen LogP contribution in [0.15, 0.2) is 79.0 Å². The maximum atomic E-state index is 12.8. The molecule has 4 aromatic rings. The lowest BCUT2D eigenvalue weighted by Crippen LogP contribution is -2.41. The van der Waals surface area contributed by atoms with E-state index in [9.17, 15) is 4.79 Å². The van der Waals surface area contributed by atoms with E-state index in [1.807, 2.05) is 42.6 Å². The minimum atomic E-state index is -0.693. The maximum Gasteiger partial charge on any atom is 0.252 e. The van der Waals surface area contributed by atoms with Crippen LogP contribution in [0.4, 0.5) is 0 Å². The lowest BCUT2D eigenvalue weighted by Gasteiger charge is -2.31. The molecule has 1 amide bonds. The molecule has 0 bridgehead atoms. The second kappa shape index (κ2) is 5.33. The number of carbonyl (C=O) groups is 1. The number of nitrogens with one attached hydrogen (secondary N) is 2. The molecule has 0 spiro atoms. The highest BCUT2D eigenvalue weighted by Crippen LogP contribution is 2.45. The van der Waals surface area contributed by atoms with Gasteiger partial charge in [-0.15, -0.1) is 0 Å². The Hall–Kier alpha value is -3.33. The van der Waals surface area contributed by atoms with Gasteiger partial charge in [0.05, 0.1) is 0 Å². The van der Waals surface area contributed by atoms with Gasteiger partial charge in [-0.1, -0.05) is 66.7 Å². The van der Waals surface area contributed by atoms with E-state index in [1.54, 1.807) is 0 Å². The molecule has 2 N–H and O–H groups in total. The predicted molar refractivity (Wildman–Crippen MR) is 103 cm³/mol. The van der Waals surface area contributed by atoms with Crippen LogP contribution in [0.2, 0.25) is 0 Å². The van der Waals surface area contributed by atoms with Crippen LogP contribution in [0, 0.1) is 6.92 Å². The van der Waals surface area contributed by atoms with Crippen LogP contribution in [-0.2, 0) is 5.54 Å². The molecule has 0 saturated carbocycles. The molecule has 1 aliphatic rings. The standard InChI is InChI=1S/C23H18N2O/c1-15-8-7-12-17-20(14-24-21(15)17)23(16-9-3-2-4-10-16)19-13-6-5-11-18(19)22(26)25-23/h2-14,24H,1H3,(H,25,26)/t23-/m1/s1. The smallest absolute Gasteiger partial charge is 0.252 e. The molecule has 0 aliphatic carbocycles. The van der Waals surface area contributed by atoms with Gasteiger partial charge in [-0.3, -0.25) is 4.79 Å². The molecule has 0 fully saturated rings. The average molecular weight is 338 g/mol. The number of para-hydroxylation sites is 1. The molecule has 2 heterocycles. The van der Waals surface area contributed by atoms with Gasteiger partial charge in [0.15, 0.2) is 0 Å². The molecule has 0 radical (unpaired) electrons. The number of aromatic amines is 1. The van der Waals surface area contributed by atoms with E-state index in [2.05, 4.69) is 53.6 Å². The van der Waals surface area contributed by atoms with Crippen LogP contribution in [0.25, 0.3) is 10.9 Å². The molecule has 0 unspecified atom stereocenters. The van der Waals surface area contributed by atoms with Crippen molar-refractivity contribution in [2.75, 3.05) is 0 Å². The summed E-state index contributed by atoms with van der Waals surface area (Å²) >= 11 is 0. The first-order valence-corrected chi connectivity index (χ1v) is 8.76. The van der Waals surface area contributed by atoms with Gasteiger partial charge in [0, 0.05) is 28.2 Å². The number of rotatable bonds is 2. The number of hydrogen-bond donors (Lipinski definition) is 2. The predicted octanol–water partition coefficient (Wildman–Crippen LogP) is 4.51. The van der Waals surface area contributed by atoms with Crippen LogP contribution < -0.4 is 5.32 Å². The topological polar surface area (TPSA) is 44.9 Å². The lowest BCUT2D eigenvalue weighted by molar-refractivity contribution is 0.0949. The van der Waals surface area contributed by atoms with E-state index in [1.165, 1.54) is 5.56 Å². The number of aryl methyl sites for hydroxylation is 1. The zero-order valence-corrected chi connectivity index (χ0v) is 14.4. The summed E-state index contributed by atoms with van der Waals surface area (Å²) in [4.78, 5) is 16.3. The van der Waals surface area contributed by atoms with E-state index in [4.69, 9.17) is 0 Å². The largest absolute Gasteiger partial charge is 0.361 e. The summed E-state index contributed by atoms with van der Waals surface area (Å²) in [6, 6.07) is 24.3. The van der Waals surface area contributed by atoms with Gasteiger partial charge < -0.3 is 10.3 Å². The Bertz CT molecular complexity index is 1140. The van der Waals surface area contributed by atoms with Crippen molar-refractivity contribution in [2.45, 2.75) is 12.5 Å². The molecule has 5 rings (SSSR count). The minimum absolute atomic E-state index is 0.0357. The summed E-state index contributed by atoms with van der Waals surface area (Å²) in [7, 11) is 0. The second-order valence-corrected chi connectivity index (χ2v) is 6.82. The molecule has 1 aliphatic heterocycles. The Balaban J connectivity index is 1.91. The molecule has 3 nitrogen and oxygen atoms in total. The van der Waals surface area contributed by atoms with Crippen LogP contribution in [-0.4, -0.2) is 10.9 Å². The number of H-pyrrole nitrogens is 1. The Morgan fingerprint density at radius 1 is 0.808 bits per heavy atom. The molecule has 1 aromatic heterocycles. The number of hydrogen-bond acceptors (Lipinski definition) is 1. The summed E-state index contributed by atoms with van der Waals surface area (Å²) in [5.74, 6) is -0.0357. The molecule has 3 heteroatoms. The van der Waals surface area contributed by atoms with Crippen LogP contribution in [0.5, 0.6) is 0 Å². The van der Waals surface area contributed by atoms with Gasteiger partial charge in [-0.05, 0) is 29.7 Å². The first kappa shape index (κ1) is 15.0. The van der Waals surface area contributed by atoms with Crippen molar-refractivity contribution in [1.82, 2.24) is 10.3 Å².